The summed E-state index contributed by atoms with van der Waals surface area (Å²) in [5, 5.41) is 18.4. The highest BCUT2D eigenvalue weighted by Gasteiger charge is 2.26. The number of ether oxygens (including phenoxy) is 2. The van der Waals surface area contributed by atoms with Crippen LogP contribution in [0.25, 0.3) is 0 Å². The molecule has 0 aromatic carbocycles. The Labute approximate surface area is 411 Å². The lowest BCUT2D eigenvalue weighted by atomic mass is 10.0. The predicted molar refractivity (Wildman–Crippen MR) is 283 cm³/mol. The van der Waals surface area contributed by atoms with E-state index in [0.717, 1.165) is 70.6 Å². The minimum atomic E-state index is -4.55. The normalized spacial score (nSPS) is 14.4. The van der Waals surface area contributed by atoms with Crippen molar-refractivity contribution in [2.45, 2.75) is 238 Å². The van der Waals surface area contributed by atoms with Gasteiger partial charge in [0.25, 0.3) is 0 Å². The number of rotatable bonds is 51. The van der Waals surface area contributed by atoms with Crippen LogP contribution in [0.15, 0.2) is 85.1 Å². The molecule has 0 rings (SSSR count). The summed E-state index contributed by atoms with van der Waals surface area (Å²) in [7, 11) is -4.55. The molecule has 0 aromatic rings. The number of hydrogen-bond donors (Lipinski definition) is 3. The second-order valence-corrected chi connectivity index (χ2v) is 19.3. The van der Waals surface area contributed by atoms with E-state index in [-0.39, 0.29) is 13.0 Å². The summed E-state index contributed by atoms with van der Waals surface area (Å²) in [6.07, 6.45) is 67.1. The molecule has 0 radical (unpaired) electrons. The molecule has 0 bridgehead atoms. The summed E-state index contributed by atoms with van der Waals surface area (Å²) in [4.78, 5) is 22.7. The minimum absolute atomic E-state index is 0.0240. The van der Waals surface area contributed by atoms with E-state index >= 15 is 0 Å². The molecule has 67 heavy (non-hydrogen) atoms. The molecule has 3 N–H and O–H groups in total. The molecule has 0 aliphatic heterocycles. The van der Waals surface area contributed by atoms with E-state index in [2.05, 4.69) is 98.9 Å². The summed E-state index contributed by atoms with van der Waals surface area (Å²) in [5.74, 6) is -0.438. The first-order valence-corrected chi connectivity index (χ1v) is 28.6. The maximum Gasteiger partial charge on any atom is 0.472 e. The highest BCUT2D eigenvalue weighted by atomic mass is 31.2. The number of aliphatic hydroxyl groups excluding tert-OH is 2. The van der Waals surface area contributed by atoms with Crippen molar-refractivity contribution in [1.29, 1.82) is 0 Å². The predicted octanol–water partition coefficient (Wildman–Crippen LogP) is 16.2. The van der Waals surface area contributed by atoms with Gasteiger partial charge in [-0.25, -0.2) is 4.57 Å². The maximum atomic E-state index is 12.7. The fourth-order valence-corrected chi connectivity index (χ4v) is 8.08. The fraction of sp³-hybridized carbons (Fsp3) is 0.737. The molecule has 0 amide bonds. The molecular formula is C57H101O9P. The fourth-order valence-electron chi connectivity index (χ4n) is 7.29. The lowest BCUT2D eigenvalue weighted by Gasteiger charge is -2.20. The molecule has 10 heteroatoms. The van der Waals surface area contributed by atoms with Crippen LogP contribution < -0.4 is 0 Å². The average molecular weight is 961 g/mol. The van der Waals surface area contributed by atoms with Gasteiger partial charge in [-0.15, -0.1) is 0 Å². The molecule has 3 atom stereocenters. The average Bonchev–Trinajstić information content (AvgIpc) is 3.32. The van der Waals surface area contributed by atoms with Gasteiger partial charge in [0, 0.05) is 13.0 Å². The monoisotopic (exact) mass is 961 g/mol. The van der Waals surface area contributed by atoms with Crippen LogP contribution in [-0.2, 0) is 27.9 Å². The highest BCUT2D eigenvalue weighted by molar-refractivity contribution is 7.47. The Kier molecular flexibility index (Phi) is 51.1. The number of aliphatic hydroxyl groups is 2. The summed E-state index contributed by atoms with van der Waals surface area (Å²) < 4.78 is 33.5. The first-order valence-electron chi connectivity index (χ1n) is 27.1. The zero-order valence-corrected chi connectivity index (χ0v) is 43.7. The molecule has 0 fully saturated rings. The maximum absolute atomic E-state index is 12.7. The standard InChI is InChI=1S/C57H101O9P/c1-3-5-7-9-11-13-15-17-19-21-23-25-27-29-31-33-35-37-39-41-43-45-47-49-57(60)66-56(54-65-67(61,62)64-52-55(59)51-58)53-63-50-48-46-44-42-40-38-36-34-32-30-28-26-24-22-20-18-16-14-12-10-8-6-4-2/h5,7,11,13,17,19,23,25,29,31,35,37,41,43,55-56,58-59H,3-4,6,8-10,12,14-16,18,20-22,24,26-28,30,32-34,36,38-40,42,44-54H2,1-2H3,(H,61,62)/b7-5-,13-11-,19-17-,25-23-,31-29-,37-35-,43-41-. The molecule has 0 heterocycles. The molecule has 0 aromatic heterocycles. The quantitative estimate of drug-likeness (QED) is 0.0236. The van der Waals surface area contributed by atoms with E-state index in [1.54, 1.807) is 0 Å². The molecule has 0 aliphatic rings. The smallest absolute Gasteiger partial charge is 0.457 e. The van der Waals surface area contributed by atoms with Crippen LogP contribution in [0.2, 0.25) is 0 Å². The van der Waals surface area contributed by atoms with Crippen LogP contribution in [0.3, 0.4) is 0 Å². The number of unbranched alkanes of at least 4 members (excludes halogenated alkanes) is 23. The molecule has 388 valence electrons. The highest BCUT2D eigenvalue weighted by Crippen LogP contribution is 2.43. The second-order valence-electron chi connectivity index (χ2n) is 17.9. The Bertz CT molecular complexity index is 1320. The van der Waals surface area contributed by atoms with Crippen LogP contribution in [0.4, 0.5) is 0 Å². The van der Waals surface area contributed by atoms with Crippen LogP contribution in [0, 0.1) is 0 Å². The topological polar surface area (TPSA) is 132 Å². The summed E-state index contributed by atoms with van der Waals surface area (Å²) >= 11 is 0. The Balaban J connectivity index is 4.15. The van der Waals surface area contributed by atoms with Crippen LogP contribution in [0.5, 0.6) is 0 Å². The number of esters is 1. The van der Waals surface area contributed by atoms with Gasteiger partial charge in [-0.05, 0) is 64.2 Å². The van der Waals surface area contributed by atoms with E-state index in [1.165, 1.54) is 128 Å². The Morgan fingerprint density at radius 2 is 0.836 bits per heavy atom. The number of carbonyl (C=O) groups excluding carboxylic acids is 1. The lowest BCUT2D eigenvalue weighted by Crippen LogP contribution is -2.29. The Morgan fingerprint density at radius 3 is 1.22 bits per heavy atom. The van der Waals surface area contributed by atoms with Crippen molar-refractivity contribution in [2.75, 3.05) is 33.0 Å². The third kappa shape index (κ3) is 52.9. The number of hydrogen-bond acceptors (Lipinski definition) is 8. The van der Waals surface area contributed by atoms with Crippen molar-refractivity contribution < 1.29 is 43.0 Å². The SMILES string of the molecule is CC/C=C\C/C=C\C/C=C\C/C=C\C/C=C\C/C=C\C/C=C\CCCC(=O)OC(COCCCCCCCCCCCCCCCCCCCCCCCCC)COP(=O)(O)OCC(O)CO. The summed E-state index contributed by atoms with van der Waals surface area (Å²) in [5.41, 5.74) is 0. The lowest BCUT2D eigenvalue weighted by molar-refractivity contribution is -0.154. The van der Waals surface area contributed by atoms with E-state index in [0.29, 0.717) is 13.0 Å². The van der Waals surface area contributed by atoms with Gasteiger partial charge in [-0.1, -0.05) is 240 Å². The van der Waals surface area contributed by atoms with Gasteiger partial charge >= 0.3 is 13.8 Å². The minimum Gasteiger partial charge on any atom is -0.457 e. The Hall–Kier alpha value is -2.36. The van der Waals surface area contributed by atoms with Gasteiger partial charge in [0.05, 0.1) is 26.4 Å². The second kappa shape index (κ2) is 53.0. The van der Waals surface area contributed by atoms with Crippen molar-refractivity contribution in [1.82, 2.24) is 0 Å². The van der Waals surface area contributed by atoms with Crippen molar-refractivity contribution in [3.63, 3.8) is 0 Å². The van der Waals surface area contributed by atoms with Gasteiger partial charge in [0.2, 0.25) is 0 Å². The van der Waals surface area contributed by atoms with Crippen molar-refractivity contribution in [3.05, 3.63) is 85.1 Å². The van der Waals surface area contributed by atoms with Crippen LogP contribution in [-0.4, -0.2) is 66.3 Å². The first-order chi connectivity index (χ1) is 32.8. The number of allylic oxidation sites excluding steroid dienone is 14. The van der Waals surface area contributed by atoms with Crippen molar-refractivity contribution >= 4 is 13.8 Å². The van der Waals surface area contributed by atoms with Gasteiger partial charge in [0.15, 0.2) is 0 Å². The molecule has 3 unspecified atom stereocenters. The van der Waals surface area contributed by atoms with Gasteiger partial charge in [0.1, 0.15) is 12.2 Å². The van der Waals surface area contributed by atoms with Gasteiger partial charge < -0.3 is 24.6 Å². The summed E-state index contributed by atoms with van der Waals surface area (Å²) in [6.45, 7) is 3.35. The number of phosphoric acid groups is 1. The molecule has 0 saturated heterocycles. The van der Waals surface area contributed by atoms with E-state index < -0.39 is 45.8 Å². The van der Waals surface area contributed by atoms with Crippen molar-refractivity contribution in [3.8, 4) is 0 Å². The molecule has 9 nitrogen and oxygen atoms in total. The van der Waals surface area contributed by atoms with E-state index in [4.69, 9.17) is 23.6 Å². The third-order valence-corrected chi connectivity index (χ3v) is 12.3. The molecular weight excluding hydrogens is 860 g/mol. The number of carbonyl (C=O) groups is 1. The number of phosphoric ester groups is 1. The molecule has 0 spiro atoms. The zero-order valence-electron chi connectivity index (χ0n) is 42.8. The van der Waals surface area contributed by atoms with Crippen molar-refractivity contribution in [2.24, 2.45) is 0 Å². The molecule has 0 aliphatic carbocycles. The van der Waals surface area contributed by atoms with E-state index in [1.807, 2.05) is 0 Å². The first kappa shape index (κ1) is 64.6. The van der Waals surface area contributed by atoms with Gasteiger partial charge in [-0.2, -0.15) is 0 Å². The van der Waals surface area contributed by atoms with Crippen LogP contribution in [0.1, 0.15) is 226 Å². The molecule has 0 saturated carbocycles. The zero-order chi connectivity index (χ0) is 48.8. The largest absolute Gasteiger partial charge is 0.472 e. The summed E-state index contributed by atoms with van der Waals surface area (Å²) in [6, 6.07) is 0. The van der Waals surface area contributed by atoms with Gasteiger partial charge in [-0.3, -0.25) is 13.8 Å². The third-order valence-electron chi connectivity index (χ3n) is 11.3. The van der Waals surface area contributed by atoms with Crippen LogP contribution >= 0.6 is 7.82 Å². The Morgan fingerprint density at radius 1 is 0.478 bits per heavy atom. The van der Waals surface area contributed by atoms with E-state index in [9.17, 15) is 19.4 Å².